The van der Waals surface area contributed by atoms with E-state index in [0.29, 0.717) is 6.42 Å². The van der Waals surface area contributed by atoms with Crippen molar-refractivity contribution >= 4 is 6.04 Å². The highest BCUT2D eigenvalue weighted by Crippen LogP contribution is 2.44. The van der Waals surface area contributed by atoms with Gasteiger partial charge in [-0.05, 0) is 19.3 Å². The van der Waals surface area contributed by atoms with E-state index in [1.165, 1.54) is 0 Å². The third kappa shape index (κ3) is 0.865. The van der Waals surface area contributed by atoms with E-state index in [9.17, 15) is 9.18 Å². The van der Waals surface area contributed by atoms with Crippen molar-refractivity contribution in [2.75, 3.05) is 0 Å². The van der Waals surface area contributed by atoms with E-state index in [2.05, 4.69) is 0 Å². The van der Waals surface area contributed by atoms with E-state index in [-0.39, 0.29) is 0 Å². The first-order chi connectivity index (χ1) is 4.21. The average molecular weight is 130 g/mol. The van der Waals surface area contributed by atoms with Crippen LogP contribution in [0.2, 0.25) is 0 Å². The molecule has 0 atom stereocenters. The summed E-state index contributed by atoms with van der Waals surface area (Å²) >= 11 is 0. The number of halogens is 1. The van der Waals surface area contributed by atoms with Crippen LogP contribution in [0.25, 0.3) is 0 Å². The normalized spacial score (nSPS) is 22.9. The van der Waals surface area contributed by atoms with Crippen LogP contribution in [-0.2, 0) is 4.79 Å². The molecular weight excluding hydrogens is 119 g/mol. The van der Waals surface area contributed by atoms with E-state index < -0.39 is 11.5 Å². The predicted molar refractivity (Wildman–Crippen MR) is 32.7 cm³/mol. The van der Waals surface area contributed by atoms with Crippen LogP contribution in [0.4, 0.5) is 4.39 Å². The van der Waals surface area contributed by atoms with Gasteiger partial charge in [0.1, 0.15) is 0 Å². The fraction of sp³-hybridized carbons (Fsp3) is 0.857. The molecule has 0 amide bonds. The number of carbonyl (C=O) groups is 1. The summed E-state index contributed by atoms with van der Waals surface area (Å²) in [4.78, 5) is 10.3. The molecule has 0 N–H and O–H groups in total. The maximum Gasteiger partial charge on any atom is 0.307 e. The van der Waals surface area contributed by atoms with Gasteiger partial charge in [0.05, 0.1) is 5.41 Å². The second-order valence-electron chi connectivity index (χ2n) is 2.76. The third-order valence-electron chi connectivity index (χ3n) is 2.40. The topological polar surface area (TPSA) is 17.1 Å². The summed E-state index contributed by atoms with van der Waals surface area (Å²) in [6, 6.07) is -1.10. The van der Waals surface area contributed by atoms with Crippen LogP contribution >= 0.6 is 0 Å². The SMILES string of the molecule is CCC1(C(=O)F)CCC1. The van der Waals surface area contributed by atoms with Crippen LogP contribution in [0.1, 0.15) is 32.6 Å². The maximum atomic E-state index is 12.2. The monoisotopic (exact) mass is 130 g/mol. The van der Waals surface area contributed by atoms with Crippen molar-refractivity contribution in [3.05, 3.63) is 0 Å². The van der Waals surface area contributed by atoms with E-state index in [1.807, 2.05) is 6.92 Å². The predicted octanol–water partition coefficient (Wildman–Crippen LogP) is 2.06. The number of rotatable bonds is 2. The molecule has 0 spiro atoms. The van der Waals surface area contributed by atoms with Crippen molar-refractivity contribution in [3.8, 4) is 0 Å². The van der Waals surface area contributed by atoms with Gasteiger partial charge in [-0.3, -0.25) is 4.79 Å². The Hall–Kier alpha value is -0.400. The van der Waals surface area contributed by atoms with Crippen LogP contribution in [0, 0.1) is 5.41 Å². The molecule has 0 aliphatic heterocycles. The molecule has 0 unspecified atom stereocenters. The quantitative estimate of drug-likeness (QED) is 0.523. The Labute approximate surface area is 54.3 Å². The van der Waals surface area contributed by atoms with Crippen molar-refractivity contribution in [2.45, 2.75) is 32.6 Å². The summed E-state index contributed by atoms with van der Waals surface area (Å²) in [6.07, 6.45) is 3.21. The molecule has 0 radical (unpaired) electrons. The molecule has 2 heteroatoms. The zero-order valence-corrected chi connectivity index (χ0v) is 5.61. The Bertz CT molecular complexity index is 121. The van der Waals surface area contributed by atoms with Gasteiger partial charge in [-0.1, -0.05) is 13.3 Å². The van der Waals surface area contributed by atoms with Crippen LogP contribution < -0.4 is 0 Å². The van der Waals surface area contributed by atoms with Crippen molar-refractivity contribution in [3.63, 3.8) is 0 Å². The molecule has 1 saturated carbocycles. The number of carbonyl (C=O) groups excluding carboxylic acids is 1. The van der Waals surface area contributed by atoms with E-state index in [4.69, 9.17) is 0 Å². The van der Waals surface area contributed by atoms with Gasteiger partial charge < -0.3 is 0 Å². The molecule has 0 bridgehead atoms. The highest BCUT2D eigenvalue weighted by Gasteiger charge is 2.42. The minimum Gasteiger partial charge on any atom is -0.261 e. The molecule has 1 aliphatic rings. The van der Waals surface area contributed by atoms with E-state index >= 15 is 0 Å². The van der Waals surface area contributed by atoms with E-state index in [1.54, 1.807) is 0 Å². The minimum absolute atomic E-state index is 0.542. The lowest BCUT2D eigenvalue weighted by Crippen LogP contribution is -2.34. The highest BCUT2D eigenvalue weighted by atomic mass is 19.1. The molecule has 0 aromatic heterocycles. The molecule has 52 valence electrons. The molecule has 1 nitrogen and oxygen atoms in total. The fourth-order valence-electron chi connectivity index (χ4n) is 1.29. The molecule has 9 heavy (non-hydrogen) atoms. The molecule has 0 aromatic carbocycles. The summed E-state index contributed by atoms with van der Waals surface area (Å²) in [5, 5.41) is 0. The van der Waals surface area contributed by atoms with Gasteiger partial charge in [-0.15, -0.1) is 0 Å². The summed E-state index contributed by atoms with van der Waals surface area (Å²) in [5.74, 6) is 0. The fourth-order valence-corrected chi connectivity index (χ4v) is 1.29. The van der Waals surface area contributed by atoms with Crippen LogP contribution in [-0.4, -0.2) is 6.04 Å². The molecule has 1 fully saturated rings. The average Bonchev–Trinajstić information content (AvgIpc) is 1.62. The molecule has 0 heterocycles. The van der Waals surface area contributed by atoms with Crippen molar-refractivity contribution in [1.29, 1.82) is 0 Å². The Morgan fingerprint density at radius 1 is 1.67 bits per heavy atom. The number of hydrogen-bond acceptors (Lipinski definition) is 1. The lowest BCUT2D eigenvalue weighted by Gasteiger charge is -2.36. The highest BCUT2D eigenvalue weighted by molar-refractivity contribution is 5.76. The first kappa shape index (κ1) is 6.72. The largest absolute Gasteiger partial charge is 0.307 e. The summed E-state index contributed by atoms with van der Waals surface area (Å²) < 4.78 is 12.2. The zero-order valence-electron chi connectivity index (χ0n) is 5.61. The molecular formula is C7H11FO. The van der Waals surface area contributed by atoms with E-state index in [0.717, 1.165) is 19.3 Å². The second-order valence-corrected chi connectivity index (χ2v) is 2.76. The van der Waals surface area contributed by atoms with Crippen LogP contribution in [0.5, 0.6) is 0 Å². The standard InChI is InChI=1S/C7H11FO/c1-2-7(6(8)9)4-3-5-7/h2-5H2,1H3. The van der Waals surface area contributed by atoms with Crippen LogP contribution in [0.3, 0.4) is 0 Å². The Morgan fingerprint density at radius 2 is 2.22 bits per heavy atom. The molecule has 0 saturated heterocycles. The lowest BCUT2D eigenvalue weighted by molar-refractivity contribution is -0.145. The van der Waals surface area contributed by atoms with Gasteiger partial charge in [0.25, 0.3) is 0 Å². The first-order valence-electron chi connectivity index (χ1n) is 3.41. The molecule has 1 rings (SSSR count). The van der Waals surface area contributed by atoms with Crippen molar-refractivity contribution < 1.29 is 9.18 Å². The lowest BCUT2D eigenvalue weighted by atomic mass is 9.67. The summed E-state index contributed by atoms with van der Waals surface area (Å²) in [6.45, 7) is 1.87. The van der Waals surface area contributed by atoms with Gasteiger partial charge in [0.15, 0.2) is 0 Å². The van der Waals surface area contributed by atoms with Gasteiger partial charge in [0.2, 0.25) is 0 Å². The van der Waals surface area contributed by atoms with Crippen LogP contribution in [0.15, 0.2) is 0 Å². The zero-order chi connectivity index (χ0) is 6.91. The second kappa shape index (κ2) is 2.09. The van der Waals surface area contributed by atoms with Gasteiger partial charge in [-0.25, -0.2) is 0 Å². The minimum atomic E-state index is -1.10. The summed E-state index contributed by atoms with van der Waals surface area (Å²) in [7, 11) is 0. The Kier molecular flexibility index (Phi) is 1.56. The Morgan fingerprint density at radius 3 is 2.22 bits per heavy atom. The number of hydrogen-bond donors (Lipinski definition) is 0. The smallest absolute Gasteiger partial charge is 0.261 e. The third-order valence-corrected chi connectivity index (χ3v) is 2.40. The summed E-state index contributed by atoms with van der Waals surface area (Å²) in [5.41, 5.74) is -0.542. The van der Waals surface area contributed by atoms with Gasteiger partial charge in [-0.2, -0.15) is 4.39 Å². The maximum absolute atomic E-state index is 12.2. The van der Waals surface area contributed by atoms with Crippen molar-refractivity contribution in [2.24, 2.45) is 5.41 Å². The Balaban J connectivity index is 2.57. The molecule has 0 aromatic rings. The molecule has 1 aliphatic carbocycles. The van der Waals surface area contributed by atoms with Gasteiger partial charge >= 0.3 is 6.04 Å². The first-order valence-corrected chi connectivity index (χ1v) is 3.41. The van der Waals surface area contributed by atoms with Gasteiger partial charge in [0, 0.05) is 0 Å². The van der Waals surface area contributed by atoms with Crippen molar-refractivity contribution in [1.82, 2.24) is 0 Å².